The Balaban J connectivity index is 1.49. The van der Waals surface area contributed by atoms with Gasteiger partial charge < -0.3 is 15.2 Å². The van der Waals surface area contributed by atoms with Crippen molar-refractivity contribution in [3.63, 3.8) is 0 Å². The third-order valence-electron chi connectivity index (χ3n) is 4.95. The van der Waals surface area contributed by atoms with E-state index in [0.717, 1.165) is 17.5 Å². The van der Waals surface area contributed by atoms with Crippen LogP contribution in [0, 0.1) is 6.92 Å². The Hall–Kier alpha value is -3.08. The molecular weight excluding hydrogens is 350 g/mol. The molecule has 0 bridgehead atoms. The molecule has 1 heterocycles. The quantitative estimate of drug-likeness (QED) is 0.630. The number of rotatable bonds is 8. The number of amides is 2. The van der Waals surface area contributed by atoms with Crippen LogP contribution in [0.1, 0.15) is 30.0 Å². The number of nitrogens with zero attached hydrogens (tertiary/aromatic N) is 1. The van der Waals surface area contributed by atoms with E-state index >= 15 is 0 Å². The second-order valence-electron chi connectivity index (χ2n) is 7.13. The van der Waals surface area contributed by atoms with Gasteiger partial charge in [-0.1, -0.05) is 48.0 Å². The predicted molar refractivity (Wildman–Crippen MR) is 112 cm³/mol. The van der Waals surface area contributed by atoms with E-state index in [-0.39, 0.29) is 11.8 Å². The van der Waals surface area contributed by atoms with Crippen LogP contribution in [-0.4, -0.2) is 34.8 Å². The van der Waals surface area contributed by atoms with E-state index in [1.165, 1.54) is 16.5 Å². The van der Waals surface area contributed by atoms with Crippen LogP contribution < -0.4 is 5.32 Å². The van der Waals surface area contributed by atoms with Gasteiger partial charge in [-0.25, -0.2) is 0 Å². The van der Waals surface area contributed by atoms with Crippen molar-refractivity contribution in [3.8, 4) is 0 Å². The lowest BCUT2D eigenvalue weighted by atomic mass is 10.1. The van der Waals surface area contributed by atoms with Crippen molar-refractivity contribution in [1.29, 1.82) is 0 Å². The topological polar surface area (TPSA) is 65.2 Å². The number of hydrogen-bond acceptors (Lipinski definition) is 2. The number of aryl methyl sites for hydroxylation is 1. The van der Waals surface area contributed by atoms with Crippen LogP contribution in [0.5, 0.6) is 0 Å². The summed E-state index contributed by atoms with van der Waals surface area (Å²) in [5.74, 6) is -0.0498. The van der Waals surface area contributed by atoms with Gasteiger partial charge in [-0.3, -0.25) is 9.59 Å². The monoisotopic (exact) mass is 377 g/mol. The number of H-pyrrole nitrogens is 1. The fourth-order valence-corrected chi connectivity index (χ4v) is 3.37. The predicted octanol–water partition coefficient (Wildman–Crippen LogP) is 3.57. The van der Waals surface area contributed by atoms with Gasteiger partial charge in [0.05, 0.1) is 0 Å². The summed E-state index contributed by atoms with van der Waals surface area (Å²) in [4.78, 5) is 29.2. The molecule has 2 aromatic carbocycles. The average Bonchev–Trinajstić information content (AvgIpc) is 3.09. The summed E-state index contributed by atoms with van der Waals surface area (Å²) in [7, 11) is 0. The Morgan fingerprint density at radius 1 is 1.07 bits per heavy atom. The first-order chi connectivity index (χ1) is 13.5. The van der Waals surface area contributed by atoms with E-state index in [0.29, 0.717) is 26.1 Å². The second-order valence-corrected chi connectivity index (χ2v) is 7.13. The maximum absolute atomic E-state index is 12.2. The first-order valence-electron chi connectivity index (χ1n) is 9.65. The summed E-state index contributed by atoms with van der Waals surface area (Å²) in [5.41, 5.74) is 4.54. The third-order valence-corrected chi connectivity index (χ3v) is 4.95. The maximum atomic E-state index is 12.2. The van der Waals surface area contributed by atoms with E-state index in [1.54, 1.807) is 11.8 Å². The molecule has 0 saturated heterocycles. The molecule has 0 aliphatic carbocycles. The summed E-state index contributed by atoms with van der Waals surface area (Å²) in [6.45, 7) is 5.12. The number of aromatic amines is 1. The number of carbonyl (C=O) groups is 2. The molecule has 0 aliphatic heterocycles. The van der Waals surface area contributed by atoms with Gasteiger partial charge in [0, 0.05) is 50.1 Å². The van der Waals surface area contributed by atoms with E-state index in [2.05, 4.69) is 22.4 Å². The molecule has 2 N–H and O–H groups in total. The molecule has 0 atom stereocenters. The molecular formula is C23H27N3O2. The molecule has 0 unspecified atom stereocenters. The molecule has 0 aliphatic rings. The molecule has 1 aromatic heterocycles. The average molecular weight is 377 g/mol. The molecule has 0 fully saturated rings. The van der Waals surface area contributed by atoms with Crippen molar-refractivity contribution in [2.75, 3.05) is 13.1 Å². The minimum absolute atomic E-state index is 0.00803. The van der Waals surface area contributed by atoms with Crippen LogP contribution in [0.15, 0.2) is 54.7 Å². The van der Waals surface area contributed by atoms with Gasteiger partial charge in [-0.2, -0.15) is 0 Å². The zero-order valence-electron chi connectivity index (χ0n) is 16.5. The van der Waals surface area contributed by atoms with Crippen molar-refractivity contribution >= 4 is 22.7 Å². The van der Waals surface area contributed by atoms with Gasteiger partial charge in [0.25, 0.3) is 0 Å². The zero-order chi connectivity index (χ0) is 19.9. The minimum atomic E-state index is -0.0418. The van der Waals surface area contributed by atoms with E-state index in [9.17, 15) is 9.59 Å². The Bertz CT molecular complexity index is 961. The lowest BCUT2D eigenvalue weighted by Crippen LogP contribution is -2.35. The highest BCUT2D eigenvalue weighted by atomic mass is 16.2. The van der Waals surface area contributed by atoms with Crippen LogP contribution in [0.2, 0.25) is 0 Å². The highest BCUT2D eigenvalue weighted by Crippen LogP contribution is 2.18. The molecule has 5 heteroatoms. The number of nitrogens with one attached hydrogen (secondary N) is 2. The first-order valence-corrected chi connectivity index (χ1v) is 9.65. The van der Waals surface area contributed by atoms with Crippen molar-refractivity contribution in [2.24, 2.45) is 0 Å². The molecule has 28 heavy (non-hydrogen) atoms. The summed E-state index contributed by atoms with van der Waals surface area (Å²) in [5, 5.41) is 4.11. The van der Waals surface area contributed by atoms with E-state index in [1.807, 2.05) is 49.5 Å². The third kappa shape index (κ3) is 5.22. The van der Waals surface area contributed by atoms with Crippen molar-refractivity contribution in [1.82, 2.24) is 15.2 Å². The summed E-state index contributed by atoms with van der Waals surface area (Å²) < 4.78 is 0. The second kappa shape index (κ2) is 9.22. The highest BCUT2D eigenvalue weighted by Gasteiger charge is 2.12. The van der Waals surface area contributed by atoms with Gasteiger partial charge in [0.2, 0.25) is 11.8 Å². The molecule has 0 spiro atoms. The number of fused-ring (bicyclic) bond motifs is 1. The van der Waals surface area contributed by atoms with Gasteiger partial charge in [-0.15, -0.1) is 0 Å². The highest BCUT2D eigenvalue weighted by molar-refractivity contribution is 5.83. The number of benzene rings is 2. The molecule has 0 radical (unpaired) electrons. The number of carbonyl (C=O) groups excluding carboxylic acids is 2. The SMILES string of the molecule is CC(=O)N(CCC(=O)NCc1cccc(C)c1)CCc1c[nH]c2ccccc12. The summed E-state index contributed by atoms with van der Waals surface area (Å²) >= 11 is 0. The van der Waals surface area contributed by atoms with Crippen LogP contribution >= 0.6 is 0 Å². The normalized spacial score (nSPS) is 10.8. The van der Waals surface area contributed by atoms with Gasteiger partial charge >= 0.3 is 0 Å². The largest absolute Gasteiger partial charge is 0.361 e. The molecule has 3 rings (SSSR count). The van der Waals surface area contributed by atoms with Crippen LogP contribution in [0.25, 0.3) is 10.9 Å². The van der Waals surface area contributed by atoms with Gasteiger partial charge in [0.15, 0.2) is 0 Å². The number of hydrogen-bond donors (Lipinski definition) is 2. The van der Waals surface area contributed by atoms with E-state index < -0.39 is 0 Å². The van der Waals surface area contributed by atoms with Crippen molar-refractivity contribution in [2.45, 2.75) is 33.2 Å². The van der Waals surface area contributed by atoms with Crippen LogP contribution in [0.4, 0.5) is 0 Å². The first kappa shape index (κ1) is 19.7. The Morgan fingerprint density at radius 3 is 2.68 bits per heavy atom. The smallest absolute Gasteiger partial charge is 0.222 e. The Morgan fingerprint density at radius 2 is 1.89 bits per heavy atom. The molecule has 5 nitrogen and oxygen atoms in total. The van der Waals surface area contributed by atoms with E-state index in [4.69, 9.17) is 0 Å². The lowest BCUT2D eigenvalue weighted by molar-refractivity contribution is -0.129. The lowest BCUT2D eigenvalue weighted by Gasteiger charge is -2.20. The van der Waals surface area contributed by atoms with Gasteiger partial charge in [-0.05, 0) is 30.5 Å². The van der Waals surface area contributed by atoms with Crippen molar-refractivity contribution in [3.05, 3.63) is 71.4 Å². The number of para-hydroxylation sites is 1. The minimum Gasteiger partial charge on any atom is -0.361 e. The summed E-state index contributed by atoms with van der Waals surface area (Å²) in [6, 6.07) is 16.2. The fourth-order valence-electron chi connectivity index (χ4n) is 3.37. The Labute approximate surface area is 165 Å². The standard InChI is InChI=1S/C23H27N3O2/c1-17-6-5-7-19(14-17)15-25-23(28)11-13-26(18(2)27)12-10-20-16-24-22-9-4-3-8-21(20)22/h3-9,14,16,24H,10-13,15H2,1-2H3,(H,25,28). The van der Waals surface area contributed by atoms with Crippen LogP contribution in [-0.2, 0) is 22.6 Å². The van der Waals surface area contributed by atoms with Crippen LogP contribution in [0.3, 0.4) is 0 Å². The molecule has 146 valence electrons. The maximum Gasteiger partial charge on any atom is 0.222 e. The Kier molecular flexibility index (Phi) is 6.48. The molecule has 2 amide bonds. The molecule has 3 aromatic rings. The fraction of sp³-hybridized carbons (Fsp3) is 0.304. The summed E-state index contributed by atoms with van der Waals surface area (Å²) in [6.07, 6.45) is 3.06. The number of aromatic nitrogens is 1. The molecule has 0 saturated carbocycles. The van der Waals surface area contributed by atoms with Crippen molar-refractivity contribution < 1.29 is 9.59 Å². The van der Waals surface area contributed by atoms with Gasteiger partial charge in [0.1, 0.15) is 0 Å². The zero-order valence-corrected chi connectivity index (χ0v) is 16.5.